The Kier molecular flexibility index (Phi) is 5.25. The van der Waals surface area contributed by atoms with Gasteiger partial charge in [-0.05, 0) is 56.4 Å². The first-order chi connectivity index (χ1) is 12.4. The largest absolute Gasteiger partial charge is 0.484 e. The van der Waals surface area contributed by atoms with Crippen LogP contribution in [0.2, 0.25) is 0 Å². The molecule has 0 aliphatic heterocycles. The molecule has 1 aliphatic rings. The summed E-state index contributed by atoms with van der Waals surface area (Å²) in [6, 6.07) is 5.94. The Morgan fingerprint density at radius 3 is 2.69 bits per heavy atom. The molecule has 0 unspecified atom stereocenters. The summed E-state index contributed by atoms with van der Waals surface area (Å²) in [7, 11) is 1.82. The molecule has 1 heterocycles. The molecule has 7 nitrogen and oxygen atoms in total. The van der Waals surface area contributed by atoms with Crippen molar-refractivity contribution in [3.63, 3.8) is 0 Å². The number of aromatic nitrogens is 2. The van der Waals surface area contributed by atoms with Crippen LogP contribution in [0.5, 0.6) is 5.75 Å². The molecular formula is C19H24N4O3. The zero-order valence-corrected chi connectivity index (χ0v) is 15.4. The van der Waals surface area contributed by atoms with Crippen molar-refractivity contribution in [1.82, 2.24) is 15.1 Å². The minimum atomic E-state index is -0.333. The summed E-state index contributed by atoms with van der Waals surface area (Å²) >= 11 is 0. The molecule has 2 amide bonds. The molecule has 0 saturated carbocycles. The van der Waals surface area contributed by atoms with Gasteiger partial charge in [0.1, 0.15) is 5.75 Å². The molecule has 0 fully saturated rings. The normalized spacial score (nSPS) is 12.6. The number of ether oxygens (including phenoxy) is 1. The van der Waals surface area contributed by atoms with Crippen LogP contribution in [0.25, 0.3) is 0 Å². The number of fused-ring (bicyclic) bond motifs is 1. The van der Waals surface area contributed by atoms with Gasteiger partial charge in [0, 0.05) is 7.05 Å². The number of rotatable bonds is 6. The van der Waals surface area contributed by atoms with Crippen LogP contribution in [0.1, 0.15) is 28.9 Å². The molecule has 1 aromatic carbocycles. The summed E-state index contributed by atoms with van der Waals surface area (Å²) in [4.78, 5) is 23.9. The summed E-state index contributed by atoms with van der Waals surface area (Å²) in [5.41, 5.74) is 4.94. The summed E-state index contributed by atoms with van der Waals surface area (Å²) < 4.78 is 7.23. The van der Waals surface area contributed by atoms with E-state index >= 15 is 0 Å². The van der Waals surface area contributed by atoms with Gasteiger partial charge in [-0.15, -0.1) is 0 Å². The Labute approximate surface area is 152 Å². The highest BCUT2D eigenvalue weighted by atomic mass is 16.5. The third kappa shape index (κ3) is 4.04. The Balaban J connectivity index is 1.44. The van der Waals surface area contributed by atoms with Crippen molar-refractivity contribution in [2.75, 3.05) is 18.5 Å². The number of anilines is 1. The Morgan fingerprint density at radius 1 is 1.19 bits per heavy atom. The fourth-order valence-electron chi connectivity index (χ4n) is 3.15. The van der Waals surface area contributed by atoms with Crippen LogP contribution in [0.4, 0.5) is 5.69 Å². The van der Waals surface area contributed by atoms with Crippen LogP contribution in [0.3, 0.4) is 0 Å². The van der Waals surface area contributed by atoms with Gasteiger partial charge >= 0.3 is 0 Å². The molecule has 0 bridgehead atoms. The van der Waals surface area contributed by atoms with Crippen molar-refractivity contribution >= 4 is 17.5 Å². The smallest absolute Gasteiger partial charge is 0.258 e. The first-order valence-electron chi connectivity index (χ1n) is 8.75. The lowest BCUT2D eigenvalue weighted by atomic mass is 10.1. The summed E-state index contributed by atoms with van der Waals surface area (Å²) in [5, 5.41) is 9.59. The number of nitrogens with zero attached hydrogens (tertiary/aromatic N) is 2. The fraction of sp³-hybridized carbons (Fsp3) is 0.421. The van der Waals surface area contributed by atoms with Crippen molar-refractivity contribution in [2.45, 2.75) is 33.1 Å². The molecule has 0 atom stereocenters. The molecule has 0 radical (unpaired) electrons. The highest BCUT2D eigenvalue weighted by Gasteiger charge is 2.14. The Hall–Kier alpha value is -2.83. The number of carbonyl (C=O) groups is 2. The van der Waals surface area contributed by atoms with Gasteiger partial charge in [0.25, 0.3) is 5.91 Å². The topological polar surface area (TPSA) is 85.3 Å². The van der Waals surface area contributed by atoms with Crippen LogP contribution >= 0.6 is 0 Å². The third-order valence-electron chi connectivity index (χ3n) is 4.66. The van der Waals surface area contributed by atoms with Gasteiger partial charge in [0.2, 0.25) is 5.91 Å². The van der Waals surface area contributed by atoms with Gasteiger partial charge in [0.15, 0.2) is 6.61 Å². The highest BCUT2D eigenvalue weighted by Crippen LogP contribution is 2.25. The predicted molar refractivity (Wildman–Crippen MR) is 98.3 cm³/mol. The van der Waals surface area contributed by atoms with E-state index in [-0.39, 0.29) is 25.0 Å². The maximum Gasteiger partial charge on any atom is 0.258 e. The minimum Gasteiger partial charge on any atom is -0.484 e. The lowest BCUT2D eigenvalue weighted by Gasteiger charge is -2.09. The maximum absolute atomic E-state index is 12.0. The standard InChI is InChI=1S/C19H24N4O3/c1-12-19(13(2)23(3)22-12)21-17(24)10-20-18(25)11-26-16-8-7-14-5-4-6-15(14)9-16/h7-9H,4-6,10-11H2,1-3H3,(H,20,25)(H,21,24). The van der Waals surface area contributed by atoms with Gasteiger partial charge in [-0.1, -0.05) is 6.07 Å². The van der Waals surface area contributed by atoms with Gasteiger partial charge < -0.3 is 15.4 Å². The number of carbonyl (C=O) groups excluding carboxylic acids is 2. The molecule has 1 aliphatic carbocycles. The minimum absolute atomic E-state index is 0.111. The van der Waals surface area contributed by atoms with Crippen molar-refractivity contribution in [3.05, 3.63) is 40.7 Å². The fourth-order valence-corrected chi connectivity index (χ4v) is 3.15. The predicted octanol–water partition coefficient (Wildman–Crippen LogP) is 1.66. The SMILES string of the molecule is Cc1nn(C)c(C)c1NC(=O)CNC(=O)COc1ccc2c(c1)CCC2. The first kappa shape index (κ1) is 18.0. The van der Waals surface area contributed by atoms with Crippen molar-refractivity contribution in [2.24, 2.45) is 7.05 Å². The van der Waals surface area contributed by atoms with E-state index in [1.54, 1.807) is 4.68 Å². The van der Waals surface area contributed by atoms with E-state index < -0.39 is 0 Å². The lowest BCUT2D eigenvalue weighted by molar-refractivity contribution is -0.125. The van der Waals surface area contributed by atoms with Gasteiger partial charge in [-0.25, -0.2) is 0 Å². The molecule has 1 aromatic heterocycles. The van der Waals surface area contributed by atoms with Crippen molar-refractivity contribution < 1.29 is 14.3 Å². The summed E-state index contributed by atoms with van der Waals surface area (Å²) in [6.45, 7) is 3.47. The average Bonchev–Trinajstić information content (AvgIpc) is 3.17. The van der Waals surface area contributed by atoms with Crippen LogP contribution < -0.4 is 15.4 Å². The lowest BCUT2D eigenvalue weighted by Crippen LogP contribution is -2.35. The second kappa shape index (κ2) is 7.59. The molecule has 26 heavy (non-hydrogen) atoms. The van der Waals surface area contributed by atoms with Crippen LogP contribution in [-0.4, -0.2) is 34.7 Å². The van der Waals surface area contributed by atoms with E-state index in [0.717, 1.165) is 24.2 Å². The van der Waals surface area contributed by atoms with E-state index in [0.29, 0.717) is 11.4 Å². The van der Waals surface area contributed by atoms with E-state index in [2.05, 4.69) is 21.8 Å². The number of benzene rings is 1. The second-order valence-corrected chi connectivity index (χ2v) is 6.57. The van der Waals surface area contributed by atoms with Gasteiger partial charge in [-0.2, -0.15) is 5.10 Å². The second-order valence-electron chi connectivity index (χ2n) is 6.57. The van der Waals surface area contributed by atoms with Gasteiger partial charge in [0.05, 0.1) is 23.6 Å². The Morgan fingerprint density at radius 2 is 1.96 bits per heavy atom. The molecule has 7 heteroatoms. The number of aryl methyl sites for hydroxylation is 4. The van der Waals surface area contributed by atoms with Gasteiger partial charge in [-0.3, -0.25) is 14.3 Å². The molecule has 0 spiro atoms. The molecule has 0 saturated heterocycles. The molecule has 3 rings (SSSR count). The van der Waals surface area contributed by atoms with E-state index in [9.17, 15) is 9.59 Å². The third-order valence-corrected chi connectivity index (χ3v) is 4.66. The van der Waals surface area contributed by atoms with E-state index in [1.807, 2.05) is 33.0 Å². The van der Waals surface area contributed by atoms with Crippen molar-refractivity contribution in [1.29, 1.82) is 0 Å². The average molecular weight is 356 g/mol. The number of hydrogen-bond acceptors (Lipinski definition) is 4. The molecule has 2 aromatic rings. The van der Waals surface area contributed by atoms with Crippen LogP contribution in [0.15, 0.2) is 18.2 Å². The molecule has 138 valence electrons. The van der Waals surface area contributed by atoms with Crippen LogP contribution in [0, 0.1) is 13.8 Å². The molecule has 2 N–H and O–H groups in total. The van der Waals surface area contributed by atoms with E-state index in [4.69, 9.17) is 4.74 Å². The maximum atomic E-state index is 12.0. The quantitative estimate of drug-likeness (QED) is 0.824. The van der Waals surface area contributed by atoms with E-state index in [1.165, 1.54) is 17.5 Å². The summed E-state index contributed by atoms with van der Waals surface area (Å²) in [5.74, 6) is 0.0576. The van der Waals surface area contributed by atoms with Crippen molar-refractivity contribution in [3.8, 4) is 5.75 Å². The number of hydrogen-bond donors (Lipinski definition) is 2. The van der Waals surface area contributed by atoms with Crippen LogP contribution in [-0.2, 0) is 29.5 Å². The first-order valence-corrected chi connectivity index (χ1v) is 8.75. The Bertz CT molecular complexity index is 842. The summed E-state index contributed by atoms with van der Waals surface area (Å²) in [6.07, 6.45) is 3.34. The zero-order valence-electron chi connectivity index (χ0n) is 15.4. The monoisotopic (exact) mass is 356 g/mol. The highest BCUT2D eigenvalue weighted by molar-refractivity contribution is 5.95. The number of nitrogens with one attached hydrogen (secondary N) is 2. The number of amides is 2. The zero-order chi connectivity index (χ0) is 18.7. The molecular weight excluding hydrogens is 332 g/mol.